The minimum absolute atomic E-state index is 0.550. The van der Waals surface area contributed by atoms with Crippen LogP contribution in [0.15, 0.2) is 30.3 Å². The first-order valence-corrected chi connectivity index (χ1v) is 6.13. The van der Waals surface area contributed by atoms with E-state index in [0.717, 1.165) is 18.8 Å². The third-order valence-corrected chi connectivity index (χ3v) is 3.14. The van der Waals surface area contributed by atoms with Gasteiger partial charge >= 0.3 is 0 Å². The Bertz CT molecular complexity index is 273. The van der Waals surface area contributed by atoms with E-state index in [0.29, 0.717) is 12.0 Å². The van der Waals surface area contributed by atoms with Gasteiger partial charge in [0.1, 0.15) is 5.75 Å². The van der Waals surface area contributed by atoms with Gasteiger partial charge in [0, 0.05) is 6.04 Å². The maximum Gasteiger partial charge on any atom is 0.119 e. The number of benzene rings is 1. The minimum Gasteiger partial charge on any atom is -0.494 e. The average Bonchev–Trinajstić information content (AvgIpc) is 2.35. The Labute approximate surface area is 99.0 Å². The summed E-state index contributed by atoms with van der Waals surface area (Å²) in [6.07, 6.45) is 2.26. The number of hydrogen-bond donors (Lipinski definition) is 1. The van der Waals surface area contributed by atoms with Gasteiger partial charge in [-0.3, -0.25) is 0 Å². The third-order valence-electron chi connectivity index (χ3n) is 3.14. The Kier molecular flexibility index (Phi) is 5.94. The van der Waals surface area contributed by atoms with Crippen LogP contribution >= 0.6 is 0 Å². The zero-order valence-electron chi connectivity index (χ0n) is 10.6. The molecule has 0 amide bonds. The van der Waals surface area contributed by atoms with Crippen LogP contribution in [0.4, 0.5) is 0 Å². The summed E-state index contributed by atoms with van der Waals surface area (Å²) in [6, 6.07) is 10.5. The number of hydrogen-bond acceptors (Lipinski definition) is 2. The van der Waals surface area contributed by atoms with E-state index >= 15 is 0 Å². The van der Waals surface area contributed by atoms with E-state index in [1.165, 1.54) is 6.42 Å². The summed E-state index contributed by atoms with van der Waals surface area (Å²) in [5.41, 5.74) is 0. The summed E-state index contributed by atoms with van der Waals surface area (Å²) >= 11 is 0. The highest BCUT2D eigenvalue weighted by Gasteiger charge is 2.13. The molecule has 0 aliphatic carbocycles. The van der Waals surface area contributed by atoms with E-state index in [4.69, 9.17) is 4.74 Å². The topological polar surface area (TPSA) is 21.3 Å². The normalized spacial score (nSPS) is 14.4. The lowest BCUT2D eigenvalue weighted by Crippen LogP contribution is -2.33. The summed E-state index contributed by atoms with van der Waals surface area (Å²) in [5.74, 6) is 1.66. The molecule has 1 rings (SSSR count). The standard InChI is InChI=1S/C14H23NO/c1-4-12(2)14(15-3)10-11-16-13-8-6-5-7-9-13/h5-9,12,14-15H,4,10-11H2,1-3H3. The fourth-order valence-corrected chi connectivity index (χ4v) is 1.82. The molecule has 0 saturated carbocycles. The number of rotatable bonds is 7. The SMILES string of the molecule is CCC(C)C(CCOc1ccccc1)NC. The molecule has 0 aromatic heterocycles. The van der Waals surface area contributed by atoms with Gasteiger partial charge in [-0.1, -0.05) is 38.5 Å². The smallest absolute Gasteiger partial charge is 0.119 e. The van der Waals surface area contributed by atoms with Crippen LogP contribution in [0.2, 0.25) is 0 Å². The Morgan fingerprint density at radius 2 is 1.94 bits per heavy atom. The summed E-state index contributed by atoms with van der Waals surface area (Å²) in [6.45, 7) is 5.29. The summed E-state index contributed by atoms with van der Waals surface area (Å²) in [4.78, 5) is 0. The van der Waals surface area contributed by atoms with Gasteiger partial charge < -0.3 is 10.1 Å². The van der Waals surface area contributed by atoms with Gasteiger partial charge in [0.05, 0.1) is 6.61 Å². The third kappa shape index (κ3) is 4.23. The maximum absolute atomic E-state index is 5.69. The molecule has 0 spiro atoms. The summed E-state index contributed by atoms with van der Waals surface area (Å²) in [5, 5.41) is 3.36. The van der Waals surface area contributed by atoms with Crippen molar-refractivity contribution in [2.45, 2.75) is 32.7 Å². The molecule has 0 fully saturated rings. The number of ether oxygens (including phenoxy) is 1. The van der Waals surface area contributed by atoms with Crippen molar-refractivity contribution < 1.29 is 4.74 Å². The monoisotopic (exact) mass is 221 g/mol. The second-order valence-corrected chi connectivity index (χ2v) is 4.23. The average molecular weight is 221 g/mol. The lowest BCUT2D eigenvalue weighted by atomic mass is 9.97. The molecular weight excluding hydrogens is 198 g/mol. The predicted octanol–water partition coefficient (Wildman–Crippen LogP) is 3.09. The first-order chi connectivity index (χ1) is 7.77. The molecule has 2 unspecified atom stereocenters. The molecular formula is C14H23NO. The molecule has 0 saturated heterocycles. The second kappa shape index (κ2) is 7.29. The number of nitrogens with one attached hydrogen (secondary N) is 1. The molecule has 0 aliphatic rings. The molecule has 90 valence electrons. The van der Waals surface area contributed by atoms with E-state index in [1.54, 1.807) is 0 Å². The maximum atomic E-state index is 5.69. The van der Waals surface area contributed by atoms with Crippen LogP contribution < -0.4 is 10.1 Å². The highest BCUT2D eigenvalue weighted by atomic mass is 16.5. The van der Waals surface area contributed by atoms with E-state index in [9.17, 15) is 0 Å². The van der Waals surface area contributed by atoms with Crippen LogP contribution in [0.3, 0.4) is 0 Å². The zero-order chi connectivity index (χ0) is 11.8. The molecule has 16 heavy (non-hydrogen) atoms. The van der Waals surface area contributed by atoms with E-state index in [1.807, 2.05) is 37.4 Å². The lowest BCUT2D eigenvalue weighted by Gasteiger charge is -2.22. The first-order valence-electron chi connectivity index (χ1n) is 6.13. The van der Waals surface area contributed by atoms with Crippen LogP contribution in [0.5, 0.6) is 5.75 Å². The molecule has 2 heteroatoms. The van der Waals surface area contributed by atoms with Gasteiger partial charge in [-0.05, 0) is 31.5 Å². The summed E-state index contributed by atoms with van der Waals surface area (Å²) < 4.78 is 5.69. The quantitative estimate of drug-likeness (QED) is 0.764. The number of para-hydroxylation sites is 1. The molecule has 1 aromatic rings. The van der Waals surface area contributed by atoms with Crippen molar-refractivity contribution in [3.63, 3.8) is 0 Å². The molecule has 1 aromatic carbocycles. The van der Waals surface area contributed by atoms with Crippen molar-refractivity contribution in [1.82, 2.24) is 5.32 Å². The molecule has 1 N–H and O–H groups in total. The molecule has 0 bridgehead atoms. The highest BCUT2D eigenvalue weighted by molar-refractivity contribution is 5.20. The van der Waals surface area contributed by atoms with E-state index in [2.05, 4.69) is 19.2 Å². The van der Waals surface area contributed by atoms with Crippen LogP contribution in [-0.2, 0) is 0 Å². The van der Waals surface area contributed by atoms with Crippen molar-refractivity contribution in [3.8, 4) is 5.75 Å². The van der Waals surface area contributed by atoms with Gasteiger partial charge in [0.25, 0.3) is 0 Å². The van der Waals surface area contributed by atoms with Gasteiger partial charge in [-0.15, -0.1) is 0 Å². The molecule has 2 nitrogen and oxygen atoms in total. The van der Waals surface area contributed by atoms with Crippen LogP contribution in [0, 0.1) is 5.92 Å². The van der Waals surface area contributed by atoms with Crippen molar-refractivity contribution >= 4 is 0 Å². The molecule has 0 radical (unpaired) electrons. The highest BCUT2D eigenvalue weighted by Crippen LogP contribution is 2.13. The van der Waals surface area contributed by atoms with Crippen molar-refractivity contribution in [3.05, 3.63) is 30.3 Å². The second-order valence-electron chi connectivity index (χ2n) is 4.23. The fraction of sp³-hybridized carbons (Fsp3) is 0.571. The van der Waals surface area contributed by atoms with Crippen LogP contribution in [0.25, 0.3) is 0 Å². The van der Waals surface area contributed by atoms with Gasteiger partial charge in [-0.25, -0.2) is 0 Å². The van der Waals surface area contributed by atoms with Gasteiger partial charge in [0.15, 0.2) is 0 Å². The Morgan fingerprint density at radius 1 is 1.25 bits per heavy atom. The Balaban J connectivity index is 2.28. The molecule has 0 aliphatic heterocycles. The van der Waals surface area contributed by atoms with Crippen LogP contribution in [0.1, 0.15) is 26.7 Å². The lowest BCUT2D eigenvalue weighted by molar-refractivity contribution is 0.260. The van der Waals surface area contributed by atoms with Crippen molar-refractivity contribution in [2.24, 2.45) is 5.92 Å². The van der Waals surface area contributed by atoms with Crippen molar-refractivity contribution in [2.75, 3.05) is 13.7 Å². The van der Waals surface area contributed by atoms with Gasteiger partial charge in [-0.2, -0.15) is 0 Å². The Hall–Kier alpha value is -1.02. The fourth-order valence-electron chi connectivity index (χ4n) is 1.82. The van der Waals surface area contributed by atoms with Crippen molar-refractivity contribution in [1.29, 1.82) is 0 Å². The van der Waals surface area contributed by atoms with Crippen LogP contribution in [-0.4, -0.2) is 19.7 Å². The van der Waals surface area contributed by atoms with Gasteiger partial charge in [0.2, 0.25) is 0 Å². The summed E-state index contributed by atoms with van der Waals surface area (Å²) in [7, 11) is 2.03. The molecule has 0 heterocycles. The van der Waals surface area contributed by atoms with E-state index < -0.39 is 0 Å². The zero-order valence-corrected chi connectivity index (χ0v) is 10.6. The minimum atomic E-state index is 0.550. The first kappa shape index (κ1) is 13.0. The largest absolute Gasteiger partial charge is 0.494 e. The van der Waals surface area contributed by atoms with E-state index in [-0.39, 0.29) is 0 Å². The molecule has 2 atom stereocenters. The predicted molar refractivity (Wildman–Crippen MR) is 68.9 cm³/mol. The Morgan fingerprint density at radius 3 is 2.50 bits per heavy atom.